The van der Waals surface area contributed by atoms with E-state index in [0.29, 0.717) is 0 Å². The Bertz CT molecular complexity index is 396. The normalized spacial score (nSPS) is 11.6. The number of nitrogens with two attached hydrogens (primary N) is 1. The molecular formula is C12H15F2NO. The molecule has 0 aliphatic heterocycles. The van der Waals surface area contributed by atoms with E-state index in [0.717, 1.165) is 18.2 Å². The van der Waals surface area contributed by atoms with Crippen molar-refractivity contribution in [1.82, 2.24) is 0 Å². The molecule has 0 bridgehead atoms. The van der Waals surface area contributed by atoms with Gasteiger partial charge < -0.3 is 5.73 Å². The molecule has 1 aromatic rings. The summed E-state index contributed by atoms with van der Waals surface area (Å²) in [6, 6.07) is 3.08. The van der Waals surface area contributed by atoms with Gasteiger partial charge in [0.15, 0.2) is 0 Å². The van der Waals surface area contributed by atoms with Crippen molar-refractivity contribution in [3.05, 3.63) is 35.4 Å². The van der Waals surface area contributed by atoms with E-state index in [9.17, 15) is 13.6 Å². The van der Waals surface area contributed by atoms with Gasteiger partial charge in [-0.25, -0.2) is 8.78 Å². The second-order valence-corrected chi connectivity index (χ2v) is 4.62. The van der Waals surface area contributed by atoms with E-state index in [1.807, 2.05) is 0 Å². The number of hydrogen-bond acceptors (Lipinski definition) is 2. The van der Waals surface area contributed by atoms with E-state index in [1.54, 1.807) is 13.8 Å². The number of carbonyl (C=O) groups is 1. The van der Waals surface area contributed by atoms with Crippen molar-refractivity contribution in [2.75, 3.05) is 0 Å². The minimum absolute atomic E-state index is 0.0780. The Balaban J connectivity index is 2.73. The summed E-state index contributed by atoms with van der Waals surface area (Å²) < 4.78 is 26.0. The molecule has 0 atom stereocenters. The summed E-state index contributed by atoms with van der Waals surface area (Å²) in [4.78, 5) is 11.5. The van der Waals surface area contributed by atoms with Crippen LogP contribution in [0.2, 0.25) is 0 Å². The fraction of sp³-hybridized carbons (Fsp3) is 0.417. The fourth-order valence-electron chi connectivity index (χ4n) is 1.46. The van der Waals surface area contributed by atoms with E-state index in [-0.39, 0.29) is 24.2 Å². The van der Waals surface area contributed by atoms with E-state index >= 15 is 0 Å². The molecule has 2 N–H and O–H groups in total. The standard InChI is InChI=1S/C12H15F2NO/c1-12(2,15)7-10(16)6-8-5-9(13)3-4-11(8)14/h3-5H,6-7,15H2,1-2H3. The zero-order chi connectivity index (χ0) is 12.3. The lowest BCUT2D eigenvalue weighted by Gasteiger charge is -2.17. The van der Waals surface area contributed by atoms with Crippen LogP contribution in [0.4, 0.5) is 8.78 Å². The van der Waals surface area contributed by atoms with Crippen LogP contribution in [0.3, 0.4) is 0 Å². The molecular weight excluding hydrogens is 212 g/mol. The maximum atomic E-state index is 13.2. The fourth-order valence-corrected chi connectivity index (χ4v) is 1.46. The summed E-state index contributed by atoms with van der Waals surface area (Å²) in [5, 5.41) is 0. The lowest BCUT2D eigenvalue weighted by Crippen LogP contribution is -2.35. The molecule has 1 rings (SSSR count). The highest BCUT2D eigenvalue weighted by Gasteiger charge is 2.17. The first-order valence-electron chi connectivity index (χ1n) is 5.02. The first-order chi connectivity index (χ1) is 7.28. The minimum atomic E-state index is -0.624. The summed E-state index contributed by atoms with van der Waals surface area (Å²) >= 11 is 0. The molecule has 4 heteroatoms. The van der Waals surface area contributed by atoms with Gasteiger partial charge in [0.25, 0.3) is 0 Å². The van der Waals surface area contributed by atoms with Gasteiger partial charge >= 0.3 is 0 Å². The van der Waals surface area contributed by atoms with Gasteiger partial charge in [0.05, 0.1) is 0 Å². The molecule has 0 fully saturated rings. The van der Waals surface area contributed by atoms with Gasteiger partial charge in [0.2, 0.25) is 0 Å². The Labute approximate surface area is 93.5 Å². The van der Waals surface area contributed by atoms with Crippen molar-refractivity contribution in [2.45, 2.75) is 32.2 Å². The van der Waals surface area contributed by atoms with Gasteiger partial charge in [-0.1, -0.05) is 0 Å². The summed E-state index contributed by atoms with van der Waals surface area (Å²) in [5.41, 5.74) is 5.12. The third-order valence-corrected chi connectivity index (χ3v) is 2.05. The van der Waals surface area contributed by atoms with Gasteiger partial charge in [0.1, 0.15) is 17.4 Å². The third-order valence-electron chi connectivity index (χ3n) is 2.05. The summed E-state index contributed by atoms with van der Waals surface area (Å²) in [7, 11) is 0. The second kappa shape index (κ2) is 4.70. The van der Waals surface area contributed by atoms with Crippen LogP contribution >= 0.6 is 0 Å². The molecule has 0 saturated heterocycles. The average Bonchev–Trinajstić information content (AvgIpc) is 2.08. The Hall–Kier alpha value is -1.29. The van der Waals surface area contributed by atoms with Crippen LogP contribution in [-0.2, 0) is 11.2 Å². The first kappa shape index (κ1) is 12.8. The lowest BCUT2D eigenvalue weighted by molar-refractivity contribution is -0.119. The van der Waals surface area contributed by atoms with E-state index in [2.05, 4.69) is 0 Å². The maximum Gasteiger partial charge on any atom is 0.139 e. The molecule has 0 radical (unpaired) electrons. The highest BCUT2D eigenvalue weighted by atomic mass is 19.1. The van der Waals surface area contributed by atoms with Crippen molar-refractivity contribution in [3.63, 3.8) is 0 Å². The third kappa shape index (κ3) is 4.06. The number of carbonyl (C=O) groups excluding carboxylic acids is 1. The summed E-state index contributed by atoms with van der Waals surface area (Å²) in [6.07, 6.45) is 0.0210. The van der Waals surface area contributed by atoms with Gasteiger partial charge in [0, 0.05) is 18.4 Å². The number of ketones is 1. The molecule has 0 saturated carbocycles. The first-order valence-corrected chi connectivity index (χ1v) is 5.02. The lowest BCUT2D eigenvalue weighted by atomic mass is 9.95. The number of Topliss-reactive ketones (excluding diaryl/α,β-unsaturated/α-hetero) is 1. The molecule has 16 heavy (non-hydrogen) atoms. The van der Waals surface area contributed by atoms with Crippen molar-refractivity contribution in [2.24, 2.45) is 5.73 Å². The van der Waals surface area contributed by atoms with Crippen LogP contribution in [0, 0.1) is 11.6 Å². The van der Waals surface area contributed by atoms with Crippen LogP contribution in [-0.4, -0.2) is 11.3 Å². The predicted molar refractivity (Wildman–Crippen MR) is 58.0 cm³/mol. The molecule has 88 valence electrons. The minimum Gasteiger partial charge on any atom is -0.325 e. The van der Waals surface area contributed by atoms with Gasteiger partial charge in [-0.3, -0.25) is 4.79 Å². The molecule has 0 aliphatic carbocycles. The summed E-state index contributed by atoms with van der Waals surface area (Å²) in [6.45, 7) is 3.43. The quantitative estimate of drug-likeness (QED) is 0.856. The highest BCUT2D eigenvalue weighted by Crippen LogP contribution is 2.13. The molecule has 0 aliphatic rings. The number of halogens is 2. The maximum absolute atomic E-state index is 13.2. The predicted octanol–water partition coefficient (Wildman–Crippen LogP) is 2.20. The highest BCUT2D eigenvalue weighted by molar-refractivity contribution is 5.81. The van der Waals surface area contributed by atoms with Crippen LogP contribution in [0.5, 0.6) is 0 Å². The zero-order valence-corrected chi connectivity index (χ0v) is 9.39. The van der Waals surface area contributed by atoms with Crippen molar-refractivity contribution in [3.8, 4) is 0 Å². The molecule has 2 nitrogen and oxygen atoms in total. The molecule has 1 aromatic carbocycles. The molecule has 0 aromatic heterocycles. The Morgan fingerprint density at radius 1 is 1.38 bits per heavy atom. The molecule has 0 spiro atoms. The van der Waals surface area contributed by atoms with Crippen LogP contribution in [0.25, 0.3) is 0 Å². The number of hydrogen-bond donors (Lipinski definition) is 1. The second-order valence-electron chi connectivity index (χ2n) is 4.62. The molecule has 0 amide bonds. The van der Waals surface area contributed by atoms with Crippen LogP contribution < -0.4 is 5.73 Å². The SMILES string of the molecule is CC(C)(N)CC(=O)Cc1cc(F)ccc1F. The Kier molecular flexibility index (Phi) is 3.75. The van der Waals surface area contributed by atoms with Gasteiger partial charge in [-0.05, 0) is 37.6 Å². The zero-order valence-electron chi connectivity index (χ0n) is 9.39. The average molecular weight is 227 g/mol. The smallest absolute Gasteiger partial charge is 0.139 e. The summed E-state index contributed by atoms with van der Waals surface area (Å²) in [5.74, 6) is -1.31. The Morgan fingerprint density at radius 2 is 2.00 bits per heavy atom. The van der Waals surface area contributed by atoms with Crippen LogP contribution in [0.15, 0.2) is 18.2 Å². The largest absolute Gasteiger partial charge is 0.325 e. The van der Waals surface area contributed by atoms with Crippen LogP contribution in [0.1, 0.15) is 25.8 Å². The van der Waals surface area contributed by atoms with Crippen molar-refractivity contribution < 1.29 is 13.6 Å². The number of benzene rings is 1. The topological polar surface area (TPSA) is 43.1 Å². The number of rotatable bonds is 4. The van der Waals surface area contributed by atoms with E-state index in [4.69, 9.17) is 5.73 Å². The van der Waals surface area contributed by atoms with Crippen molar-refractivity contribution in [1.29, 1.82) is 0 Å². The van der Waals surface area contributed by atoms with Gasteiger partial charge in [-0.15, -0.1) is 0 Å². The van der Waals surface area contributed by atoms with Gasteiger partial charge in [-0.2, -0.15) is 0 Å². The van der Waals surface area contributed by atoms with Crippen molar-refractivity contribution >= 4 is 5.78 Å². The monoisotopic (exact) mass is 227 g/mol. The molecule has 0 unspecified atom stereocenters. The van der Waals surface area contributed by atoms with E-state index in [1.165, 1.54) is 0 Å². The molecule has 0 heterocycles. The Morgan fingerprint density at radius 3 is 2.56 bits per heavy atom. The van der Waals surface area contributed by atoms with E-state index < -0.39 is 17.2 Å².